The van der Waals surface area contributed by atoms with E-state index in [2.05, 4.69) is 4.98 Å². The minimum atomic E-state index is -0.595. The molecule has 0 unspecified atom stereocenters. The molecule has 1 aromatic carbocycles. The Bertz CT molecular complexity index is 693. The molecule has 1 aromatic heterocycles. The highest BCUT2D eigenvalue weighted by molar-refractivity contribution is 6.33. The van der Waals surface area contributed by atoms with E-state index in [0.717, 1.165) is 12.3 Å². The molecule has 3 rings (SSSR count). The first kappa shape index (κ1) is 13.8. The zero-order chi connectivity index (χ0) is 14.8. The molecule has 0 bridgehead atoms. The van der Waals surface area contributed by atoms with Gasteiger partial charge in [-0.2, -0.15) is 0 Å². The molecule has 108 valence electrons. The Kier molecular flexibility index (Phi) is 3.75. The molecule has 2 heterocycles. The summed E-state index contributed by atoms with van der Waals surface area (Å²) >= 11 is 5.92. The van der Waals surface area contributed by atoms with E-state index in [-0.39, 0.29) is 16.6 Å². The number of carbonyl (C=O) groups excluding carboxylic acids is 1. The lowest BCUT2D eigenvalue weighted by molar-refractivity contribution is 0.0986. The number of amides is 1. The van der Waals surface area contributed by atoms with Crippen LogP contribution in [0.25, 0.3) is 0 Å². The van der Waals surface area contributed by atoms with Crippen LogP contribution in [0.1, 0.15) is 16.8 Å². The van der Waals surface area contributed by atoms with Gasteiger partial charge in [0.05, 0.1) is 24.1 Å². The highest BCUT2D eigenvalue weighted by Gasteiger charge is 2.25. The van der Waals surface area contributed by atoms with Crippen LogP contribution in [0.3, 0.4) is 0 Å². The molecule has 0 spiro atoms. The molecule has 0 radical (unpaired) electrons. The summed E-state index contributed by atoms with van der Waals surface area (Å²) in [5.41, 5.74) is 0.702. The first-order chi connectivity index (χ1) is 10.2. The second kappa shape index (κ2) is 5.69. The molecule has 0 aliphatic carbocycles. The van der Waals surface area contributed by atoms with E-state index < -0.39 is 5.82 Å². The van der Waals surface area contributed by atoms with Gasteiger partial charge in [-0.15, -0.1) is 0 Å². The zero-order valence-corrected chi connectivity index (χ0v) is 11.8. The van der Waals surface area contributed by atoms with Crippen LogP contribution in [0.4, 0.5) is 10.1 Å². The number of pyridine rings is 1. The summed E-state index contributed by atoms with van der Waals surface area (Å²) in [6.45, 7) is 0.999. The van der Waals surface area contributed by atoms with E-state index in [1.54, 1.807) is 17.0 Å². The molecule has 1 amide bonds. The molecular formula is C15H12ClFN2O2. The summed E-state index contributed by atoms with van der Waals surface area (Å²) in [5, 5.41) is -0.0101. The molecule has 21 heavy (non-hydrogen) atoms. The van der Waals surface area contributed by atoms with Crippen LogP contribution in [-0.2, 0) is 0 Å². The number of fused-ring (bicyclic) bond motifs is 1. The van der Waals surface area contributed by atoms with Gasteiger partial charge in [-0.25, -0.2) is 9.37 Å². The largest absolute Gasteiger partial charge is 0.491 e. The molecule has 4 nitrogen and oxygen atoms in total. The van der Waals surface area contributed by atoms with Gasteiger partial charge >= 0.3 is 0 Å². The summed E-state index contributed by atoms with van der Waals surface area (Å²) in [4.78, 5) is 17.9. The summed E-state index contributed by atoms with van der Waals surface area (Å²) in [7, 11) is 0. The zero-order valence-electron chi connectivity index (χ0n) is 11.1. The highest BCUT2D eigenvalue weighted by Crippen LogP contribution is 2.32. The smallest absolute Gasteiger partial charge is 0.261 e. The number of rotatable bonds is 1. The minimum absolute atomic E-state index is 0.0101. The van der Waals surface area contributed by atoms with E-state index in [0.29, 0.717) is 31.0 Å². The van der Waals surface area contributed by atoms with Crippen LogP contribution in [-0.4, -0.2) is 24.0 Å². The number of anilines is 1. The quantitative estimate of drug-likeness (QED) is 0.759. The fraction of sp³-hybridized carbons (Fsp3) is 0.200. The fourth-order valence-electron chi connectivity index (χ4n) is 2.26. The Morgan fingerprint density at radius 1 is 1.38 bits per heavy atom. The van der Waals surface area contributed by atoms with Crippen molar-refractivity contribution in [3.63, 3.8) is 0 Å². The summed E-state index contributed by atoms with van der Waals surface area (Å²) < 4.78 is 18.9. The fourth-order valence-corrected chi connectivity index (χ4v) is 2.44. The maximum atomic E-state index is 13.3. The lowest BCUT2D eigenvalue weighted by Crippen LogP contribution is -2.32. The maximum Gasteiger partial charge on any atom is 0.261 e. The number of ether oxygens (including phenoxy) is 1. The Balaban J connectivity index is 2.03. The Labute approximate surface area is 126 Å². The first-order valence-electron chi connectivity index (χ1n) is 6.51. The van der Waals surface area contributed by atoms with E-state index in [9.17, 15) is 9.18 Å². The lowest BCUT2D eigenvalue weighted by Gasteiger charge is -2.22. The standard InChI is InChI=1S/C15H12ClFN2O2/c16-14-11(8-10(17)9-18-14)15(20)19-6-3-7-21-13-5-2-1-4-12(13)19/h1-2,4-5,8-9H,3,6-7H2. The van der Waals surface area contributed by atoms with Crippen LogP contribution in [0.5, 0.6) is 5.75 Å². The average Bonchev–Trinajstić information content (AvgIpc) is 2.71. The number of hydrogen-bond donors (Lipinski definition) is 0. The Morgan fingerprint density at radius 2 is 2.19 bits per heavy atom. The lowest BCUT2D eigenvalue weighted by atomic mass is 10.2. The minimum Gasteiger partial charge on any atom is -0.491 e. The van der Waals surface area contributed by atoms with Crippen molar-refractivity contribution in [2.45, 2.75) is 6.42 Å². The third-order valence-electron chi connectivity index (χ3n) is 3.22. The molecule has 0 atom stereocenters. The normalized spacial score (nSPS) is 14.1. The molecule has 0 fully saturated rings. The van der Waals surface area contributed by atoms with Crippen LogP contribution >= 0.6 is 11.6 Å². The van der Waals surface area contributed by atoms with E-state index in [1.807, 2.05) is 12.1 Å². The van der Waals surface area contributed by atoms with Crippen molar-refractivity contribution in [1.29, 1.82) is 0 Å². The predicted octanol–water partition coefficient (Wildman–Crippen LogP) is 3.30. The molecule has 2 aromatic rings. The van der Waals surface area contributed by atoms with Crippen LogP contribution in [0.2, 0.25) is 5.15 Å². The number of para-hydroxylation sites is 2. The summed E-state index contributed by atoms with van der Waals surface area (Å²) in [5.74, 6) is -0.351. The van der Waals surface area contributed by atoms with Crippen molar-refractivity contribution in [2.24, 2.45) is 0 Å². The van der Waals surface area contributed by atoms with Gasteiger partial charge in [0.2, 0.25) is 0 Å². The Morgan fingerprint density at radius 3 is 3.05 bits per heavy atom. The van der Waals surface area contributed by atoms with E-state index in [1.165, 1.54) is 0 Å². The number of hydrogen-bond acceptors (Lipinski definition) is 3. The van der Waals surface area contributed by atoms with Gasteiger partial charge in [0.1, 0.15) is 16.7 Å². The van der Waals surface area contributed by atoms with Gasteiger partial charge in [-0.3, -0.25) is 4.79 Å². The molecule has 6 heteroatoms. The molecule has 1 aliphatic rings. The summed E-state index contributed by atoms with van der Waals surface area (Å²) in [6, 6.07) is 8.35. The molecule has 0 saturated carbocycles. The Hall–Kier alpha value is -2.14. The van der Waals surface area contributed by atoms with Crippen LogP contribution in [0, 0.1) is 5.82 Å². The van der Waals surface area contributed by atoms with Crippen molar-refractivity contribution in [3.8, 4) is 5.75 Å². The van der Waals surface area contributed by atoms with Crippen molar-refractivity contribution in [1.82, 2.24) is 4.98 Å². The number of benzene rings is 1. The predicted molar refractivity (Wildman–Crippen MR) is 77.4 cm³/mol. The number of nitrogens with zero attached hydrogens (tertiary/aromatic N) is 2. The third kappa shape index (κ3) is 2.69. The van der Waals surface area contributed by atoms with Crippen LogP contribution in [0.15, 0.2) is 36.5 Å². The monoisotopic (exact) mass is 306 g/mol. The van der Waals surface area contributed by atoms with Gasteiger partial charge in [0, 0.05) is 6.54 Å². The molecule has 0 saturated heterocycles. The van der Waals surface area contributed by atoms with E-state index in [4.69, 9.17) is 16.3 Å². The topological polar surface area (TPSA) is 42.4 Å². The highest BCUT2D eigenvalue weighted by atomic mass is 35.5. The SMILES string of the molecule is O=C(c1cc(F)cnc1Cl)N1CCCOc2ccccc21. The average molecular weight is 307 g/mol. The number of halogens is 2. The number of aromatic nitrogens is 1. The van der Waals surface area contributed by atoms with Crippen LogP contribution < -0.4 is 9.64 Å². The maximum absolute atomic E-state index is 13.3. The van der Waals surface area contributed by atoms with Crippen molar-refractivity contribution < 1.29 is 13.9 Å². The van der Waals surface area contributed by atoms with Gasteiger partial charge in [-0.1, -0.05) is 23.7 Å². The molecular weight excluding hydrogens is 295 g/mol. The third-order valence-corrected chi connectivity index (χ3v) is 3.52. The van der Waals surface area contributed by atoms with Gasteiger partial charge < -0.3 is 9.64 Å². The second-order valence-corrected chi connectivity index (χ2v) is 4.98. The molecule has 0 N–H and O–H groups in total. The number of carbonyl (C=O) groups is 1. The first-order valence-corrected chi connectivity index (χ1v) is 6.89. The molecule has 1 aliphatic heterocycles. The van der Waals surface area contributed by atoms with E-state index >= 15 is 0 Å². The second-order valence-electron chi connectivity index (χ2n) is 4.62. The van der Waals surface area contributed by atoms with Crippen molar-refractivity contribution >= 4 is 23.2 Å². The van der Waals surface area contributed by atoms with Crippen molar-refractivity contribution in [3.05, 3.63) is 53.1 Å². The van der Waals surface area contributed by atoms with Gasteiger partial charge in [-0.05, 0) is 24.6 Å². The van der Waals surface area contributed by atoms with Crippen molar-refractivity contribution in [2.75, 3.05) is 18.1 Å². The van der Waals surface area contributed by atoms with Gasteiger partial charge in [0.15, 0.2) is 0 Å². The summed E-state index contributed by atoms with van der Waals surface area (Å²) in [6.07, 6.45) is 1.67. The van der Waals surface area contributed by atoms with Gasteiger partial charge in [0.25, 0.3) is 5.91 Å².